The highest BCUT2D eigenvalue weighted by molar-refractivity contribution is 5.74. The van der Waals surface area contributed by atoms with Crippen LogP contribution in [0.25, 0.3) is 11.1 Å². The lowest BCUT2D eigenvalue weighted by Crippen LogP contribution is -2.46. The van der Waals surface area contributed by atoms with Crippen LogP contribution in [0, 0.1) is 0 Å². The molecule has 0 N–H and O–H groups in total. The summed E-state index contributed by atoms with van der Waals surface area (Å²) < 4.78 is 11.2. The number of nitrogens with zero attached hydrogens (tertiary/aromatic N) is 5. The van der Waals surface area contributed by atoms with Gasteiger partial charge in [-0.1, -0.05) is 12.1 Å². The zero-order valence-electron chi connectivity index (χ0n) is 15.4. The first-order valence-corrected chi connectivity index (χ1v) is 9.57. The molecule has 7 heteroatoms. The Hall–Kier alpha value is -2.83. The molecular formula is C20H23N5O2. The SMILES string of the molecule is COc1cc(N(C2CC2)C2CCN(c3nc4ccccc4o3)CC2)ncn1. The van der Waals surface area contributed by atoms with E-state index < -0.39 is 0 Å². The molecule has 0 spiro atoms. The van der Waals surface area contributed by atoms with Crippen LogP contribution in [0.5, 0.6) is 5.88 Å². The summed E-state index contributed by atoms with van der Waals surface area (Å²) >= 11 is 0. The van der Waals surface area contributed by atoms with Crippen molar-refractivity contribution < 1.29 is 9.15 Å². The van der Waals surface area contributed by atoms with E-state index in [9.17, 15) is 0 Å². The number of methoxy groups -OCH3 is 1. The standard InChI is InChI=1S/C20H23N5O2/c1-26-19-12-18(21-13-22-19)25(14-6-7-14)15-8-10-24(11-9-15)20-23-16-4-2-3-5-17(16)27-20/h2-5,12-15H,6-11H2,1H3. The van der Waals surface area contributed by atoms with Crippen molar-refractivity contribution in [3.63, 3.8) is 0 Å². The predicted molar refractivity (Wildman–Crippen MR) is 103 cm³/mol. The Morgan fingerprint density at radius 2 is 1.85 bits per heavy atom. The second-order valence-electron chi connectivity index (χ2n) is 7.24. The first kappa shape index (κ1) is 16.4. The van der Waals surface area contributed by atoms with Crippen molar-refractivity contribution in [3.05, 3.63) is 36.7 Å². The van der Waals surface area contributed by atoms with Gasteiger partial charge >= 0.3 is 0 Å². The minimum absolute atomic E-state index is 0.470. The van der Waals surface area contributed by atoms with E-state index in [1.807, 2.05) is 30.3 Å². The van der Waals surface area contributed by atoms with Gasteiger partial charge in [-0.2, -0.15) is 4.98 Å². The molecule has 140 valence electrons. The molecule has 1 saturated heterocycles. The zero-order chi connectivity index (χ0) is 18.2. The molecule has 1 aromatic carbocycles. The summed E-state index contributed by atoms with van der Waals surface area (Å²) in [5.41, 5.74) is 1.77. The molecule has 7 nitrogen and oxygen atoms in total. The Kier molecular flexibility index (Phi) is 4.07. The molecule has 1 saturated carbocycles. The second-order valence-corrected chi connectivity index (χ2v) is 7.24. The monoisotopic (exact) mass is 365 g/mol. The molecule has 0 unspecified atom stereocenters. The van der Waals surface area contributed by atoms with Crippen LogP contribution in [0.4, 0.5) is 11.8 Å². The van der Waals surface area contributed by atoms with E-state index in [2.05, 4.69) is 24.8 Å². The molecule has 0 atom stereocenters. The molecule has 27 heavy (non-hydrogen) atoms. The van der Waals surface area contributed by atoms with E-state index >= 15 is 0 Å². The average Bonchev–Trinajstić information content (AvgIpc) is 3.45. The lowest BCUT2D eigenvalue weighted by molar-refractivity contribution is 0.395. The highest BCUT2D eigenvalue weighted by Gasteiger charge is 2.37. The lowest BCUT2D eigenvalue weighted by atomic mass is 10.0. The normalized spacial score (nSPS) is 18.0. The zero-order valence-corrected chi connectivity index (χ0v) is 15.4. The van der Waals surface area contributed by atoms with Gasteiger partial charge in [0.15, 0.2) is 5.58 Å². The predicted octanol–water partition coefficient (Wildman–Crippen LogP) is 3.26. The molecule has 3 aromatic rings. The highest BCUT2D eigenvalue weighted by Crippen LogP contribution is 2.36. The van der Waals surface area contributed by atoms with Gasteiger partial charge in [0.05, 0.1) is 7.11 Å². The van der Waals surface area contributed by atoms with Crippen molar-refractivity contribution in [2.75, 3.05) is 30.0 Å². The number of ether oxygens (including phenoxy) is 1. The summed E-state index contributed by atoms with van der Waals surface area (Å²) in [5, 5.41) is 0. The van der Waals surface area contributed by atoms with Crippen LogP contribution in [-0.2, 0) is 0 Å². The van der Waals surface area contributed by atoms with Gasteiger partial charge in [-0.05, 0) is 37.8 Å². The quantitative estimate of drug-likeness (QED) is 0.687. The highest BCUT2D eigenvalue weighted by atomic mass is 16.5. The fourth-order valence-corrected chi connectivity index (χ4v) is 3.94. The molecule has 0 radical (unpaired) electrons. The Bertz CT molecular complexity index is 898. The summed E-state index contributed by atoms with van der Waals surface area (Å²) in [6.45, 7) is 1.87. The first-order valence-electron chi connectivity index (χ1n) is 9.57. The molecule has 5 rings (SSSR count). The van der Waals surface area contributed by atoms with Crippen LogP contribution in [0.3, 0.4) is 0 Å². The van der Waals surface area contributed by atoms with E-state index in [0.717, 1.165) is 48.9 Å². The Morgan fingerprint density at radius 1 is 1.07 bits per heavy atom. The molecule has 1 aliphatic heterocycles. The van der Waals surface area contributed by atoms with Gasteiger partial charge in [0.2, 0.25) is 5.88 Å². The summed E-state index contributed by atoms with van der Waals surface area (Å²) in [6.07, 6.45) is 6.18. The minimum atomic E-state index is 0.470. The third-order valence-electron chi connectivity index (χ3n) is 5.45. The smallest absolute Gasteiger partial charge is 0.298 e. The molecule has 0 amide bonds. The number of fused-ring (bicyclic) bond motifs is 1. The van der Waals surface area contributed by atoms with Gasteiger partial charge in [0.25, 0.3) is 6.01 Å². The van der Waals surface area contributed by atoms with Crippen molar-refractivity contribution in [2.45, 2.75) is 37.8 Å². The number of hydrogen-bond acceptors (Lipinski definition) is 7. The number of anilines is 2. The maximum absolute atomic E-state index is 5.94. The van der Waals surface area contributed by atoms with Crippen molar-refractivity contribution >= 4 is 22.9 Å². The second kappa shape index (κ2) is 6.72. The van der Waals surface area contributed by atoms with E-state index in [4.69, 9.17) is 9.15 Å². The molecule has 2 fully saturated rings. The van der Waals surface area contributed by atoms with Crippen LogP contribution in [0.15, 0.2) is 41.1 Å². The maximum Gasteiger partial charge on any atom is 0.298 e. The number of rotatable bonds is 5. The number of hydrogen-bond donors (Lipinski definition) is 0. The van der Waals surface area contributed by atoms with E-state index in [1.54, 1.807) is 13.4 Å². The van der Waals surface area contributed by atoms with Crippen LogP contribution in [0.1, 0.15) is 25.7 Å². The minimum Gasteiger partial charge on any atom is -0.481 e. The van der Waals surface area contributed by atoms with Crippen LogP contribution >= 0.6 is 0 Å². The van der Waals surface area contributed by atoms with Gasteiger partial charge in [0.1, 0.15) is 17.7 Å². The largest absolute Gasteiger partial charge is 0.481 e. The van der Waals surface area contributed by atoms with Crippen LogP contribution < -0.4 is 14.5 Å². The molecule has 2 aromatic heterocycles. The van der Waals surface area contributed by atoms with Crippen molar-refractivity contribution in [1.29, 1.82) is 0 Å². The average molecular weight is 365 g/mol. The molecular weight excluding hydrogens is 342 g/mol. The van der Waals surface area contributed by atoms with Gasteiger partial charge < -0.3 is 19.0 Å². The van der Waals surface area contributed by atoms with Crippen molar-refractivity contribution in [3.8, 4) is 5.88 Å². The summed E-state index contributed by atoms with van der Waals surface area (Å²) in [7, 11) is 1.65. The maximum atomic E-state index is 5.94. The third kappa shape index (κ3) is 3.18. The Balaban J connectivity index is 1.32. The summed E-state index contributed by atoms with van der Waals surface area (Å²) in [4.78, 5) is 18.0. The lowest BCUT2D eigenvalue weighted by Gasteiger charge is -2.39. The van der Waals surface area contributed by atoms with E-state index in [-0.39, 0.29) is 0 Å². The van der Waals surface area contributed by atoms with Gasteiger partial charge in [-0.15, -0.1) is 0 Å². The molecule has 0 bridgehead atoms. The first-order chi connectivity index (χ1) is 13.3. The number of para-hydroxylation sites is 2. The fourth-order valence-electron chi connectivity index (χ4n) is 3.94. The van der Waals surface area contributed by atoms with Gasteiger partial charge in [0, 0.05) is 31.2 Å². The fraction of sp³-hybridized carbons (Fsp3) is 0.450. The van der Waals surface area contributed by atoms with Crippen molar-refractivity contribution in [2.24, 2.45) is 0 Å². The van der Waals surface area contributed by atoms with Gasteiger partial charge in [-0.25, -0.2) is 9.97 Å². The third-order valence-corrected chi connectivity index (χ3v) is 5.45. The Labute approximate surface area is 158 Å². The number of piperidine rings is 1. The van der Waals surface area contributed by atoms with Crippen LogP contribution in [0.2, 0.25) is 0 Å². The topological polar surface area (TPSA) is 67.5 Å². The number of benzene rings is 1. The molecule has 3 heterocycles. The van der Waals surface area contributed by atoms with Gasteiger partial charge in [-0.3, -0.25) is 0 Å². The van der Waals surface area contributed by atoms with Crippen molar-refractivity contribution in [1.82, 2.24) is 15.0 Å². The Morgan fingerprint density at radius 3 is 2.59 bits per heavy atom. The number of aromatic nitrogens is 3. The molecule has 2 aliphatic rings. The molecule has 1 aliphatic carbocycles. The van der Waals surface area contributed by atoms with E-state index in [1.165, 1.54) is 12.8 Å². The summed E-state index contributed by atoms with van der Waals surface area (Å²) in [5.74, 6) is 1.60. The van der Waals surface area contributed by atoms with E-state index in [0.29, 0.717) is 18.0 Å². The number of oxazole rings is 1. The summed E-state index contributed by atoms with van der Waals surface area (Å²) in [6, 6.07) is 11.7. The van der Waals surface area contributed by atoms with Crippen LogP contribution in [-0.4, -0.2) is 47.2 Å².